The second-order valence-corrected chi connectivity index (χ2v) is 5.72. The molecule has 0 saturated heterocycles. The van der Waals surface area contributed by atoms with Crippen molar-refractivity contribution in [3.8, 4) is 17.6 Å². The molecule has 1 aliphatic rings. The molecule has 1 aromatic rings. The van der Waals surface area contributed by atoms with E-state index in [0.29, 0.717) is 5.92 Å². The van der Waals surface area contributed by atoms with E-state index in [1.807, 2.05) is 0 Å². The van der Waals surface area contributed by atoms with Gasteiger partial charge in [0, 0.05) is 5.92 Å². The van der Waals surface area contributed by atoms with Crippen molar-refractivity contribution in [2.45, 2.75) is 45.4 Å². The number of hydrogen-bond donors (Lipinski definition) is 0. The minimum absolute atomic E-state index is 0.0851. The number of benzene rings is 1. The lowest BCUT2D eigenvalue weighted by atomic mass is 9.80. The summed E-state index contributed by atoms with van der Waals surface area (Å²) in [6, 6.07) is 2.90. The van der Waals surface area contributed by atoms with E-state index in [1.165, 1.54) is 44.9 Å². The number of methoxy groups -OCH3 is 1. The van der Waals surface area contributed by atoms with E-state index in [-0.39, 0.29) is 11.3 Å². The maximum atomic E-state index is 13.8. The quantitative estimate of drug-likeness (QED) is 0.718. The first-order valence-electron chi connectivity index (χ1n) is 7.69. The molecule has 0 radical (unpaired) electrons. The fourth-order valence-corrected chi connectivity index (χ4v) is 2.97. The van der Waals surface area contributed by atoms with Gasteiger partial charge in [-0.2, -0.15) is 4.39 Å². The molecule has 1 aliphatic carbocycles. The fourth-order valence-electron chi connectivity index (χ4n) is 2.97. The van der Waals surface area contributed by atoms with E-state index < -0.39 is 11.6 Å². The lowest BCUT2D eigenvalue weighted by Crippen LogP contribution is -2.13. The number of rotatable bonds is 3. The molecular weight excluding hydrogens is 270 g/mol. The third kappa shape index (κ3) is 3.97. The van der Waals surface area contributed by atoms with Crippen molar-refractivity contribution in [1.82, 2.24) is 0 Å². The van der Waals surface area contributed by atoms with Gasteiger partial charge in [-0.1, -0.05) is 31.6 Å². The van der Waals surface area contributed by atoms with Gasteiger partial charge in [0.25, 0.3) is 0 Å². The second kappa shape index (κ2) is 7.45. The lowest BCUT2D eigenvalue weighted by molar-refractivity contribution is 0.300. The van der Waals surface area contributed by atoms with Crippen LogP contribution in [0, 0.1) is 35.3 Å². The van der Waals surface area contributed by atoms with Crippen LogP contribution in [0.3, 0.4) is 0 Å². The molecule has 3 heteroatoms. The predicted molar refractivity (Wildman–Crippen MR) is 80.1 cm³/mol. The maximum absolute atomic E-state index is 13.8. The van der Waals surface area contributed by atoms with Crippen LogP contribution in [0.2, 0.25) is 0 Å². The number of ether oxygens (including phenoxy) is 1. The van der Waals surface area contributed by atoms with Gasteiger partial charge in [0.15, 0.2) is 11.6 Å². The van der Waals surface area contributed by atoms with Crippen molar-refractivity contribution in [2.24, 2.45) is 11.8 Å². The van der Waals surface area contributed by atoms with Crippen molar-refractivity contribution in [3.63, 3.8) is 0 Å². The Hall–Kier alpha value is -1.56. The van der Waals surface area contributed by atoms with Crippen LogP contribution in [0.4, 0.5) is 8.78 Å². The Labute approximate surface area is 125 Å². The van der Waals surface area contributed by atoms with Crippen molar-refractivity contribution < 1.29 is 13.5 Å². The summed E-state index contributed by atoms with van der Waals surface area (Å²) in [6.07, 6.45) is 7.06. The van der Waals surface area contributed by atoms with Crippen molar-refractivity contribution >= 4 is 0 Å². The largest absolute Gasteiger partial charge is 0.494 e. The summed E-state index contributed by atoms with van der Waals surface area (Å²) in [5.41, 5.74) is 0.115. The third-order valence-corrected chi connectivity index (χ3v) is 4.22. The van der Waals surface area contributed by atoms with Gasteiger partial charge < -0.3 is 4.74 Å². The first-order chi connectivity index (χ1) is 10.2. The maximum Gasteiger partial charge on any atom is 0.201 e. The summed E-state index contributed by atoms with van der Waals surface area (Å²) in [6.45, 7) is 2.22. The van der Waals surface area contributed by atoms with Crippen molar-refractivity contribution in [1.29, 1.82) is 0 Å². The van der Waals surface area contributed by atoms with Crippen LogP contribution >= 0.6 is 0 Å². The highest BCUT2D eigenvalue weighted by Crippen LogP contribution is 2.31. The average Bonchev–Trinajstić information content (AvgIpc) is 2.50. The van der Waals surface area contributed by atoms with Gasteiger partial charge in [0.1, 0.15) is 0 Å². The molecular formula is C18H22F2O. The van der Waals surface area contributed by atoms with E-state index in [0.717, 1.165) is 18.8 Å². The molecule has 0 atom stereocenters. The Morgan fingerprint density at radius 2 is 1.86 bits per heavy atom. The van der Waals surface area contributed by atoms with Gasteiger partial charge in [0.05, 0.1) is 12.7 Å². The van der Waals surface area contributed by atoms with Crippen LogP contribution in [0.5, 0.6) is 5.75 Å². The van der Waals surface area contributed by atoms with Crippen LogP contribution in [0.15, 0.2) is 12.1 Å². The molecule has 2 rings (SSSR count). The van der Waals surface area contributed by atoms with Gasteiger partial charge in [-0.05, 0) is 43.7 Å². The van der Waals surface area contributed by atoms with Crippen LogP contribution < -0.4 is 4.74 Å². The molecule has 1 nitrogen and oxygen atoms in total. The zero-order chi connectivity index (χ0) is 15.2. The Bertz CT molecular complexity index is 534. The van der Waals surface area contributed by atoms with E-state index >= 15 is 0 Å². The molecule has 0 amide bonds. The Morgan fingerprint density at radius 1 is 1.14 bits per heavy atom. The highest BCUT2D eigenvalue weighted by molar-refractivity contribution is 5.41. The standard InChI is InChI=1S/C18H22F2O/c1-3-4-13-5-7-14(8-6-13)9-10-15-11-12-16(21-2)18(20)17(15)19/h11-14H,3-8H2,1-2H3. The van der Waals surface area contributed by atoms with Gasteiger partial charge >= 0.3 is 0 Å². The van der Waals surface area contributed by atoms with E-state index in [9.17, 15) is 8.78 Å². The molecule has 1 aromatic carbocycles. The minimum Gasteiger partial charge on any atom is -0.494 e. The predicted octanol–water partition coefficient (Wildman–Crippen LogP) is 4.93. The Morgan fingerprint density at radius 3 is 2.48 bits per heavy atom. The first-order valence-corrected chi connectivity index (χ1v) is 7.69. The lowest BCUT2D eigenvalue weighted by Gasteiger charge is -2.25. The first kappa shape index (κ1) is 15.8. The Balaban J connectivity index is 2.02. The topological polar surface area (TPSA) is 9.23 Å². The number of hydrogen-bond acceptors (Lipinski definition) is 1. The molecule has 0 unspecified atom stereocenters. The number of halogens is 2. The van der Waals surface area contributed by atoms with E-state index in [2.05, 4.69) is 18.8 Å². The van der Waals surface area contributed by atoms with E-state index in [4.69, 9.17) is 4.74 Å². The van der Waals surface area contributed by atoms with Gasteiger partial charge in [-0.3, -0.25) is 0 Å². The monoisotopic (exact) mass is 292 g/mol. The van der Waals surface area contributed by atoms with Gasteiger partial charge in [-0.25, -0.2) is 4.39 Å². The van der Waals surface area contributed by atoms with Crippen molar-refractivity contribution in [2.75, 3.05) is 7.11 Å². The molecule has 21 heavy (non-hydrogen) atoms. The summed E-state index contributed by atoms with van der Waals surface area (Å²) in [5, 5.41) is 0. The second-order valence-electron chi connectivity index (χ2n) is 5.72. The normalized spacial score (nSPS) is 21.5. The molecule has 0 aliphatic heterocycles. The summed E-state index contributed by atoms with van der Waals surface area (Å²) < 4.78 is 32.2. The van der Waals surface area contributed by atoms with Crippen LogP contribution in [-0.4, -0.2) is 7.11 Å². The highest BCUT2D eigenvalue weighted by atomic mass is 19.2. The summed E-state index contributed by atoms with van der Waals surface area (Å²) in [5.74, 6) is 5.08. The molecule has 0 spiro atoms. The SMILES string of the molecule is CCCC1CCC(C#Cc2ccc(OC)c(F)c2F)CC1. The third-order valence-electron chi connectivity index (χ3n) is 4.22. The zero-order valence-corrected chi connectivity index (χ0v) is 12.7. The molecule has 114 valence electrons. The molecule has 0 bridgehead atoms. The molecule has 0 aromatic heterocycles. The van der Waals surface area contributed by atoms with E-state index in [1.54, 1.807) is 0 Å². The summed E-state index contributed by atoms with van der Waals surface area (Å²) in [4.78, 5) is 0. The minimum atomic E-state index is -0.962. The fraction of sp³-hybridized carbons (Fsp3) is 0.556. The smallest absolute Gasteiger partial charge is 0.201 e. The van der Waals surface area contributed by atoms with Gasteiger partial charge in [0.2, 0.25) is 5.82 Å². The molecule has 0 heterocycles. The Kier molecular flexibility index (Phi) is 5.61. The van der Waals surface area contributed by atoms with Gasteiger partial charge in [-0.15, -0.1) is 0 Å². The summed E-state index contributed by atoms with van der Waals surface area (Å²) in [7, 11) is 1.32. The van der Waals surface area contributed by atoms with Crippen LogP contribution in [0.1, 0.15) is 51.0 Å². The average molecular weight is 292 g/mol. The van der Waals surface area contributed by atoms with Crippen molar-refractivity contribution in [3.05, 3.63) is 29.3 Å². The molecule has 1 fully saturated rings. The summed E-state index contributed by atoms with van der Waals surface area (Å²) >= 11 is 0. The highest BCUT2D eigenvalue weighted by Gasteiger charge is 2.19. The molecule has 1 saturated carbocycles. The zero-order valence-electron chi connectivity index (χ0n) is 12.7. The van der Waals surface area contributed by atoms with Crippen LogP contribution in [0.25, 0.3) is 0 Å². The molecule has 0 N–H and O–H groups in total. The van der Waals surface area contributed by atoms with Crippen LogP contribution in [-0.2, 0) is 0 Å².